The van der Waals surface area contributed by atoms with Gasteiger partial charge in [-0.1, -0.05) is 16.5 Å². The van der Waals surface area contributed by atoms with Crippen molar-refractivity contribution in [1.29, 1.82) is 0 Å². The second-order valence-corrected chi connectivity index (χ2v) is 4.65. The predicted molar refractivity (Wildman–Crippen MR) is 68.1 cm³/mol. The largest absolute Gasteiger partial charge is 0.496 e. The normalized spacial score (nSPS) is 11.1. The van der Waals surface area contributed by atoms with Crippen molar-refractivity contribution in [1.82, 2.24) is 10.1 Å². The van der Waals surface area contributed by atoms with Crippen LogP contribution in [0.2, 0.25) is 0 Å². The minimum absolute atomic E-state index is 0.158. The Morgan fingerprint density at radius 2 is 2.32 bits per heavy atom. The second kappa shape index (κ2) is 4.48. The first-order valence-electron chi connectivity index (χ1n) is 5.36. The lowest BCUT2D eigenvalue weighted by Crippen LogP contribution is -1.96. The molecule has 0 saturated heterocycles. The van der Waals surface area contributed by atoms with E-state index < -0.39 is 0 Å². The molecule has 0 saturated carbocycles. The standard InChI is InChI=1S/C11H9N3O4S/c1-16-6-3-8-7(17-11(15)19-8)2-5(6)10-13-9(4-12)18-14-10/h2-3H,4,12H2,1H3. The highest BCUT2D eigenvalue weighted by molar-refractivity contribution is 7.16. The van der Waals surface area contributed by atoms with Crippen LogP contribution in [0.25, 0.3) is 21.7 Å². The predicted octanol–water partition coefficient (Wildman–Crippen LogP) is 1.37. The number of nitrogens with zero attached hydrogens (tertiary/aromatic N) is 2. The van der Waals surface area contributed by atoms with Crippen molar-refractivity contribution >= 4 is 21.6 Å². The number of rotatable bonds is 3. The Bertz CT molecular complexity index is 789. The molecule has 3 aromatic rings. The molecule has 7 nitrogen and oxygen atoms in total. The monoisotopic (exact) mass is 279 g/mol. The smallest absolute Gasteiger partial charge is 0.396 e. The summed E-state index contributed by atoms with van der Waals surface area (Å²) in [5.41, 5.74) is 6.47. The Kier molecular flexibility index (Phi) is 2.80. The first-order chi connectivity index (χ1) is 9.21. The topological polar surface area (TPSA) is 104 Å². The van der Waals surface area contributed by atoms with Crippen LogP contribution in [-0.4, -0.2) is 17.3 Å². The maximum absolute atomic E-state index is 11.2. The third-order valence-electron chi connectivity index (χ3n) is 2.54. The molecule has 0 radical (unpaired) electrons. The van der Waals surface area contributed by atoms with Gasteiger partial charge in [-0.15, -0.1) is 0 Å². The second-order valence-electron chi connectivity index (χ2n) is 3.67. The fourth-order valence-corrected chi connectivity index (χ4v) is 2.37. The van der Waals surface area contributed by atoms with E-state index >= 15 is 0 Å². The van der Waals surface area contributed by atoms with Crippen molar-refractivity contribution in [2.75, 3.05) is 7.11 Å². The zero-order valence-corrected chi connectivity index (χ0v) is 10.7. The van der Waals surface area contributed by atoms with Crippen molar-refractivity contribution in [3.63, 3.8) is 0 Å². The van der Waals surface area contributed by atoms with Gasteiger partial charge in [0.25, 0.3) is 0 Å². The van der Waals surface area contributed by atoms with Gasteiger partial charge in [0, 0.05) is 6.07 Å². The molecule has 8 heteroatoms. The van der Waals surface area contributed by atoms with Crippen LogP contribution < -0.4 is 15.4 Å². The van der Waals surface area contributed by atoms with Crippen LogP contribution >= 0.6 is 11.3 Å². The van der Waals surface area contributed by atoms with Crippen LogP contribution in [-0.2, 0) is 6.54 Å². The lowest BCUT2D eigenvalue weighted by Gasteiger charge is -2.04. The average molecular weight is 279 g/mol. The molecule has 2 N–H and O–H groups in total. The molecular weight excluding hydrogens is 270 g/mol. The summed E-state index contributed by atoms with van der Waals surface area (Å²) in [4.78, 5) is 15.0. The molecule has 98 valence electrons. The average Bonchev–Trinajstić information content (AvgIpc) is 3.01. The zero-order chi connectivity index (χ0) is 13.4. The van der Waals surface area contributed by atoms with Gasteiger partial charge < -0.3 is 19.4 Å². The van der Waals surface area contributed by atoms with E-state index in [2.05, 4.69) is 10.1 Å². The fourth-order valence-electron chi connectivity index (χ4n) is 1.69. The third-order valence-corrected chi connectivity index (χ3v) is 3.32. The number of benzene rings is 1. The number of hydrogen-bond donors (Lipinski definition) is 1. The van der Waals surface area contributed by atoms with Gasteiger partial charge in [0.2, 0.25) is 11.7 Å². The van der Waals surface area contributed by atoms with Crippen molar-refractivity contribution in [3.05, 3.63) is 27.8 Å². The molecule has 0 aliphatic rings. The van der Waals surface area contributed by atoms with Crippen LogP contribution in [0.5, 0.6) is 5.75 Å². The molecule has 1 aromatic carbocycles. The molecule has 0 atom stereocenters. The molecule has 0 bridgehead atoms. The summed E-state index contributed by atoms with van der Waals surface area (Å²) >= 11 is 1.01. The van der Waals surface area contributed by atoms with Crippen molar-refractivity contribution in [3.8, 4) is 17.1 Å². The molecule has 0 spiro atoms. The number of nitrogens with two attached hydrogens (primary N) is 1. The Morgan fingerprint density at radius 3 is 3.00 bits per heavy atom. The highest BCUT2D eigenvalue weighted by Crippen LogP contribution is 2.33. The summed E-state index contributed by atoms with van der Waals surface area (Å²) in [5, 5.41) is 3.82. The van der Waals surface area contributed by atoms with E-state index in [0.717, 1.165) is 11.3 Å². The molecule has 2 aromatic heterocycles. The summed E-state index contributed by atoms with van der Waals surface area (Å²) in [7, 11) is 1.53. The lowest BCUT2D eigenvalue weighted by atomic mass is 10.2. The third kappa shape index (κ3) is 2.00. The van der Waals surface area contributed by atoms with Crippen LogP contribution in [0.3, 0.4) is 0 Å². The quantitative estimate of drug-likeness (QED) is 0.772. The number of fused-ring (bicyclic) bond motifs is 1. The molecule has 3 rings (SSSR count). The Labute approximate surface area is 110 Å². The van der Waals surface area contributed by atoms with Gasteiger partial charge in [-0.25, -0.2) is 4.79 Å². The zero-order valence-electron chi connectivity index (χ0n) is 9.87. The summed E-state index contributed by atoms with van der Waals surface area (Å²) in [6, 6.07) is 3.36. The van der Waals surface area contributed by atoms with E-state index in [0.29, 0.717) is 33.3 Å². The molecule has 0 aliphatic heterocycles. The summed E-state index contributed by atoms with van der Waals surface area (Å²) in [5.74, 6) is 1.20. The van der Waals surface area contributed by atoms with Gasteiger partial charge in [0.05, 0.1) is 23.9 Å². The van der Waals surface area contributed by atoms with Gasteiger partial charge in [-0.05, 0) is 6.07 Å². The van der Waals surface area contributed by atoms with E-state index in [-0.39, 0.29) is 11.5 Å². The van der Waals surface area contributed by atoms with Gasteiger partial charge in [0.1, 0.15) is 5.75 Å². The van der Waals surface area contributed by atoms with E-state index in [1.165, 1.54) is 7.11 Å². The molecule has 0 fully saturated rings. The van der Waals surface area contributed by atoms with Crippen molar-refractivity contribution in [2.45, 2.75) is 6.54 Å². The first-order valence-corrected chi connectivity index (χ1v) is 6.17. The fraction of sp³-hybridized carbons (Fsp3) is 0.182. The molecule has 0 aliphatic carbocycles. The minimum Gasteiger partial charge on any atom is -0.496 e. The maximum Gasteiger partial charge on any atom is 0.396 e. The molecular formula is C11H9N3O4S. The van der Waals surface area contributed by atoms with E-state index in [4.69, 9.17) is 19.4 Å². The van der Waals surface area contributed by atoms with Crippen LogP contribution in [0, 0.1) is 0 Å². The Balaban J connectivity index is 2.22. The van der Waals surface area contributed by atoms with E-state index in [9.17, 15) is 4.79 Å². The molecule has 0 amide bonds. The molecule has 2 heterocycles. The SMILES string of the molecule is COc1cc2sc(=O)oc2cc1-c1noc(CN)n1. The van der Waals surface area contributed by atoms with Crippen LogP contribution in [0.1, 0.15) is 5.89 Å². The van der Waals surface area contributed by atoms with Crippen molar-refractivity contribution in [2.24, 2.45) is 5.73 Å². The number of methoxy groups -OCH3 is 1. The number of aromatic nitrogens is 2. The summed E-state index contributed by atoms with van der Waals surface area (Å²) in [6.07, 6.45) is 0. The maximum atomic E-state index is 11.2. The molecule has 0 unspecified atom stereocenters. The number of hydrogen-bond acceptors (Lipinski definition) is 8. The highest BCUT2D eigenvalue weighted by Gasteiger charge is 2.16. The Hall–Kier alpha value is -2.19. The van der Waals surface area contributed by atoms with Gasteiger partial charge in [-0.3, -0.25) is 0 Å². The van der Waals surface area contributed by atoms with Crippen molar-refractivity contribution < 1.29 is 13.7 Å². The molecule has 19 heavy (non-hydrogen) atoms. The van der Waals surface area contributed by atoms with Gasteiger partial charge in [0.15, 0.2) is 5.58 Å². The number of ether oxygens (including phenoxy) is 1. The Morgan fingerprint density at radius 1 is 1.47 bits per heavy atom. The van der Waals surface area contributed by atoms with Gasteiger partial charge in [-0.2, -0.15) is 4.98 Å². The summed E-state index contributed by atoms with van der Waals surface area (Å²) < 4.78 is 16.0. The van der Waals surface area contributed by atoms with E-state index in [1.807, 2.05) is 0 Å². The van der Waals surface area contributed by atoms with Gasteiger partial charge >= 0.3 is 4.94 Å². The van der Waals surface area contributed by atoms with Crippen LogP contribution in [0.4, 0.5) is 0 Å². The lowest BCUT2D eigenvalue weighted by molar-refractivity contribution is 0.380. The minimum atomic E-state index is -0.370. The summed E-state index contributed by atoms with van der Waals surface area (Å²) in [6.45, 7) is 0.158. The van der Waals surface area contributed by atoms with Crippen LogP contribution in [0.15, 0.2) is 25.9 Å². The first kappa shape index (κ1) is 11.9. The highest BCUT2D eigenvalue weighted by atomic mass is 32.1. The van der Waals surface area contributed by atoms with E-state index in [1.54, 1.807) is 12.1 Å².